The topological polar surface area (TPSA) is 111 Å². The minimum atomic E-state index is -3.72. The fourth-order valence-electron chi connectivity index (χ4n) is 4.17. The maximum absolute atomic E-state index is 13.2. The van der Waals surface area contributed by atoms with E-state index >= 15 is 0 Å². The van der Waals surface area contributed by atoms with Crippen molar-refractivity contribution in [3.05, 3.63) is 46.1 Å². The molecule has 3 rings (SSSR count). The highest BCUT2D eigenvalue weighted by molar-refractivity contribution is 7.91. The van der Waals surface area contributed by atoms with E-state index in [4.69, 9.17) is 9.15 Å². The molecular formula is C27H34O7S. The summed E-state index contributed by atoms with van der Waals surface area (Å²) in [6, 6.07) is 6.76. The van der Waals surface area contributed by atoms with E-state index in [1.165, 1.54) is 75.3 Å². The van der Waals surface area contributed by atoms with Crippen molar-refractivity contribution in [2.24, 2.45) is 0 Å². The van der Waals surface area contributed by atoms with E-state index in [9.17, 15) is 23.1 Å². The molecule has 0 saturated carbocycles. The summed E-state index contributed by atoms with van der Waals surface area (Å²) in [7, 11) is -3.72. The van der Waals surface area contributed by atoms with Crippen molar-refractivity contribution >= 4 is 37.7 Å². The first-order valence-corrected chi connectivity index (χ1v) is 14.2. The zero-order chi connectivity index (χ0) is 25.4. The summed E-state index contributed by atoms with van der Waals surface area (Å²) >= 11 is 0. The van der Waals surface area contributed by atoms with E-state index in [0.717, 1.165) is 25.5 Å². The zero-order valence-corrected chi connectivity index (χ0v) is 21.3. The lowest BCUT2D eigenvalue weighted by molar-refractivity contribution is 0.0697. The number of carboxylic acids is 1. The van der Waals surface area contributed by atoms with Crippen LogP contribution in [0.2, 0.25) is 0 Å². The average Bonchev–Trinajstić information content (AvgIpc) is 2.81. The molecule has 1 N–H and O–H groups in total. The van der Waals surface area contributed by atoms with Gasteiger partial charge >= 0.3 is 5.97 Å². The van der Waals surface area contributed by atoms with E-state index in [-0.39, 0.29) is 38.1 Å². The van der Waals surface area contributed by atoms with Gasteiger partial charge in [-0.3, -0.25) is 4.79 Å². The normalized spacial score (nSPS) is 11.8. The molecule has 0 spiro atoms. The van der Waals surface area contributed by atoms with Crippen LogP contribution in [0, 0.1) is 0 Å². The molecule has 1 heterocycles. The van der Waals surface area contributed by atoms with Crippen LogP contribution in [0.3, 0.4) is 0 Å². The largest absolute Gasteiger partial charge is 0.494 e. The minimum Gasteiger partial charge on any atom is -0.494 e. The van der Waals surface area contributed by atoms with Gasteiger partial charge < -0.3 is 14.3 Å². The van der Waals surface area contributed by atoms with Gasteiger partial charge in [0.15, 0.2) is 15.4 Å². The van der Waals surface area contributed by atoms with E-state index in [2.05, 4.69) is 6.92 Å². The Hall–Kier alpha value is -2.87. The summed E-state index contributed by atoms with van der Waals surface area (Å²) in [4.78, 5) is 24.3. The molecule has 1 aromatic heterocycles. The molecule has 0 amide bonds. The van der Waals surface area contributed by atoms with Gasteiger partial charge in [-0.05, 0) is 30.7 Å². The Morgan fingerprint density at radius 3 is 2.14 bits per heavy atom. The number of carbonyl (C=O) groups is 1. The second kappa shape index (κ2) is 12.2. The summed E-state index contributed by atoms with van der Waals surface area (Å²) in [5.74, 6) is -0.897. The molecule has 0 aliphatic heterocycles. The van der Waals surface area contributed by atoms with Crippen LogP contribution in [0.5, 0.6) is 5.75 Å². The van der Waals surface area contributed by atoms with Gasteiger partial charge in [0.2, 0.25) is 5.43 Å². The molecule has 0 saturated heterocycles. The molecule has 0 bridgehead atoms. The van der Waals surface area contributed by atoms with Crippen LogP contribution in [-0.2, 0) is 9.84 Å². The Morgan fingerprint density at radius 1 is 0.914 bits per heavy atom. The van der Waals surface area contributed by atoms with Gasteiger partial charge in [0, 0.05) is 12.3 Å². The predicted octanol–water partition coefficient (Wildman–Crippen LogP) is 6.35. The van der Waals surface area contributed by atoms with Crippen LogP contribution in [0.4, 0.5) is 0 Å². The van der Waals surface area contributed by atoms with Crippen molar-refractivity contribution in [3.8, 4) is 5.75 Å². The third kappa shape index (κ3) is 7.07. The Kier molecular flexibility index (Phi) is 9.32. The number of rotatable bonds is 14. The molecule has 7 nitrogen and oxygen atoms in total. The second-order valence-electron chi connectivity index (χ2n) is 9.05. The van der Waals surface area contributed by atoms with Gasteiger partial charge in [-0.2, -0.15) is 0 Å². The quantitative estimate of drug-likeness (QED) is 0.202. The lowest BCUT2D eigenvalue weighted by Gasteiger charge is -2.11. The highest BCUT2D eigenvalue weighted by Crippen LogP contribution is 2.30. The van der Waals surface area contributed by atoms with Crippen molar-refractivity contribution in [2.75, 3.05) is 12.9 Å². The summed E-state index contributed by atoms with van der Waals surface area (Å²) in [6.07, 6.45) is 13.0. The maximum Gasteiger partial charge on any atom is 0.335 e. The van der Waals surface area contributed by atoms with Crippen LogP contribution in [0.25, 0.3) is 21.9 Å². The first-order chi connectivity index (χ1) is 16.7. The molecule has 0 aliphatic carbocycles. The number of fused-ring (bicyclic) bond motifs is 2. The van der Waals surface area contributed by atoms with Gasteiger partial charge in [-0.1, -0.05) is 64.7 Å². The van der Waals surface area contributed by atoms with Crippen molar-refractivity contribution in [3.63, 3.8) is 0 Å². The number of carboxylic acid groups (broad SMARTS) is 1. The average molecular weight is 503 g/mol. The summed E-state index contributed by atoms with van der Waals surface area (Å²) < 4.78 is 36.5. The third-order valence-corrected chi connectivity index (χ3v) is 7.22. The van der Waals surface area contributed by atoms with Gasteiger partial charge in [-0.25, -0.2) is 13.2 Å². The lowest BCUT2D eigenvalue weighted by atomic mass is 10.1. The summed E-state index contributed by atoms with van der Waals surface area (Å²) in [5.41, 5.74) is -0.490. The fourth-order valence-corrected chi connectivity index (χ4v) is 4.99. The number of hydrogen-bond donors (Lipinski definition) is 1. The zero-order valence-electron chi connectivity index (χ0n) is 20.5. The molecular weight excluding hydrogens is 468 g/mol. The van der Waals surface area contributed by atoms with Crippen molar-refractivity contribution in [1.29, 1.82) is 0 Å². The van der Waals surface area contributed by atoms with E-state index < -0.39 is 21.2 Å². The van der Waals surface area contributed by atoms with Crippen molar-refractivity contribution in [2.45, 2.75) is 76.0 Å². The minimum absolute atomic E-state index is 0.0426. The highest BCUT2D eigenvalue weighted by atomic mass is 32.2. The highest BCUT2D eigenvalue weighted by Gasteiger charge is 2.20. The number of aromatic carboxylic acids is 1. The number of unbranched alkanes of at least 4 members (excludes halogenated alkanes) is 9. The Bertz CT molecular complexity index is 1340. The van der Waals surface area contributed by atoms with Gasteiger partial charge in [0.25, 0.3) is 0 Å². The maximum atomic E-state index is 13.2. The number of ether oxygens (including phenoxy) is 1. The van der Waals surface area contributed by atoms with Crippen LogP contribution < -0.4 is 10.2 Å². The number of benzene rings is 2. The van der Waals surface area contributed by atoms with E-state index in [1.807, 2.05) is 0 Å². The second-order valence-corrected chi connectivity index (χ2v) is 11.0. The molecule has 3 aromatic rings. The smallest absolute Gasteiger partial charge is 0.335 e. The van der Waals surface area contributed by atoms with Crippen molar-refractivity contribution < 1.29 is 27.5 Å². The summed E-state index contributed by atoms with van der Waals surface area (Å²) in [6.45, 7) is 2.63. The Morgan fingerprint density at radius 2 is 1.54 bits per heavy atom. The van der Waals surface area contributed by atoms with Gasteiger partial charge in [0.05, 0.1) is 22.9 Å². The molecule has 0 aliphatic rings. The van der Waals surface area contributed by atoms with Crippen LogP contribution in [-0.4, -0.2) is 32.4 Å². The molecule has 0 atom stereocenters. The first kappa shape index (κ1) is 26.7. The molecule has 0 fully saturated rings. The predicted molar refractivity (Wildman–Crippen MR) is 137 cm³/mol. The monoisotopic (exact) mass is 502 g/mol. The number of sulfone groups is 1. The Labute approximate surface area is 206 Å². The van der Waals surface area contributed by atoms with Gasteiger partial charge in [0.1, 0.15) is 16.2 Å². The standard InChI is InChI=1S/C27H34O7S/c1-3-4-5-6-7-8-9-10-11-12-15-33-20-17-22-25(28)21-16-19(27(29)30)13-14-23(21)34-26(22)24(18-20)35(2,31)32/h13-14,16-18H,3-12,15H2,1-2H3,(H,29,30). The van der Waals surface area contributed by atoms with Crippen LogP contribution in [0.1, 0.15) is 81.5 Å². The van der Waals surface area contributed by atoms with E-state index in [1.54, 1.807) is 0 Å². The number of hydrogen-bond acceptors (Lipinski definition) is 6. The molecule has 0 radical (unpaired) electrons. The SMILES string of the molecule is CCCCCCCCCCCCOc1cc(S(C)(=O)=O)c2oc3ccc(C(=O)O)cc3c(=O)c2c1. The van der Waals surface area contributed by atoms with Gasteiger partial charge in [-0.15, -0.1) is 0 Å². The summed E-state index contributed by atoms with van der Waals surface area (Å²) in [5, 5.41) is 9.36. The molecule has 190 valence electrons. The Balaban J connectivity index is 1.72. The van der Waals surface area contributed by atoms with Crippen molar-refractivity contribution in [1.82, 2.24) is 0 Å². The fraction of sp³-hybridized carbons (Fsp3) is 0.481. The lowest BCUT2D eigenvalue weighted by Crippen LogP contribution is -2.08. The van der Waals surface area contributed by atoms with E-state index in [0.29, 0.717) is 6.61 Å². The molecule has 0 unspecified atom stereocenters. The first-order valence-electron chi connectivity index (χ1n) is 12.3. The van der Waals surface area contributed by atoms with Crippen LogP contribution in [0.15, 0.2) is 44.4 Å². The molecule has 35 heavy (non-hydrogen) atoms. The van der Waals surface area contributed by atoms with Crippen LogP contribution >= 0.6 is 0 Å². The third-order valence-electron chi connectivity index (χ3n) is 6.12. The molecule has 2 aromatic carbocycles. The molecule has 8 heteroatoms.